The van der Waals surface area contributed by atoms with E-state index in [2.05, 4.69) is 14.9 Å². The number of aromatic nitrogens is 3. The number of hydrogen-bond acceptors (Lipinski definition) is 5. The largest absolute Gasteiger partial charge is 0.416 e. The number of fused-ring (bicyclic) bond motifs is 2. The van der Waals surface area contributed by atoms with Crippen molar-refractivity contribution in [2.45, 2.75) is 29.8 Å². The molecule has 1 aliphatic carbocycles. The first-order valence-corrected chi connectivity index (χ1v) is 12.3. The monoisotopic (exact) mass is 493 g/mol. The van der Waals surface area contributed by atoms with E-state index in [1.54, 1.807) is 17.0 Å². The van der Waals surface area contributed by atoms with Crippen LogP contribution < -0.4 is 4.72 Å². The van der Waals surface area contributed by atoms with Crippen LogP contribution in [0.3, 0.4) is 0 Å². The molecule has 0 bridgehead atoms. The average Bonchev–Trinajstić information content (AvgIpc) is 3.50. The summed E-state index contributed by atoms with van der Waals surface area (Å²) in [5.41, 5.74) is 0.0702. The van der Waals surface area contributed by atoms with Crippen molar-refractivity contribution in [1.29, 1.82) is 0 Å². The highest BCUT2D eigenvalue weighted by Crippen LogP contribution is 2.49. The number of benzene rings is 1. The highest BCUT2D eigenvalue weighted by Gasteiger charge is 2.45. The Hall–Kier alpha value is -2.99. The molecule has 2 aliphatic rings. The minimum absolute atomic E-state index is 0.00194. The molecule has 1 unspecified atom stereocenters. The molecule has 5 rings (SSSR count). The second kappa shape index (κ2) is 8.05. The van der Waals surface area contributed by atoms with E-state index in [1.807, 2.05) is 0 Å². The van der Waals surface area contributed by atoms with Crippen molar-refractivity contribution in [3.63, 3.8) is 0 Å². The van der Waals surface area contributed by atoms with Gasteiger partial charge < -0.3 is 4.90 Å². The van der Waals surface area contributed by atoms with Crippen LogP contribution >= 0.6 is 0 Å². The normalized spacial score (nSPS) is 22.9. The summed E-state index contributed by atoms with van der Waals surface area (Å²) in [6.45, 7) is 0.829. The molecule has 1 N–H and O–H groups in total. The molecule has 3 aromatic rings. The summed E-state index contributed by atoms with van der Waals surface area (Å²) < 4.78 is 68.2. The standard InChI is InChI=1S/C22H22F3N5O3S/c1-26-34(32,33)16-6-7-19-27-28-20(30(19)12-16)21(31)29-10-14-8-13(9-15(14)11-29)17-4-2-3-5-18(17)22(23,24)25/h2-7,12-15,26H,8-11H2,1H3/t13?,14-,15+. The first-order chi connectivity index (χ1) is 16.1. The van der Waals surface area contributed by atoms with Crippen molar-refractivity contribution in [2.24, 2.45) is 11.8 Å². The lowest BCUT2D eigenvalue weighted by atomic mass is 9.91. The van der Waals surface area contributed by atoms with Gasteiger partial charge in [0.05, 0.1) is 10.5 Å². The van der Waals surface area contributed by atoms with Gasteiger partial charge in [0.25, 0.3) is 5.91 Å². The van der Waals surface area contributed by atoms with Crippen LogP contribution in [0.4, 0.5) is 13.2 Å². The predicted octanol–water partition coefficient (Wildman–Crippen LogP) is 2.92. The van der Waals surface area contributed by atoms with E-state index < -0.39 is 21.8 Å². The summed E-state index contributed by atoms with van der Waals surface area (Å²) >= 11 is 0. The number of nitrogens with one attached hydrogen (secondary N) is 1. The van der Waals surface area contributed by atoms with Crippen molar-refractivity contribution in [1.82, 2.24) is 24.2 Å². The third kappa shape index (κ3) is 3.84. The fraction of sp³-hybridized carbons (Fsp3) is 0.409. The number of likely N-dealkylation sites (tertiary alicyclic amines) is 1. The van der Waals surface area contributed by atoms with Gasteiger partial charge in [0.2, 0.25) is 15.8 Å². The van der Waals surface area contributed by atoms with Crippen LogP contribution in [0.2, 0.25) is 0 Å². The van der Waals surface area contributed by atoms with E-state index in [4.69, 9.17) is 0 Å². The molecular formula is C22H22F3N5O3S. The number of alkyl halides is 3. The molecule has 3 atom stereocenters. The van der Waals surface area contributed by atoms with Crippen molar-refractivity contribution >= 4 is 21.6 Å². The van der Waals surface area contributed by atoms with Crippen LogP contribution in [0.1, 0.15) is 40.5 Å². The minimum Gasteiger partial charge on any atom is -0.335 e. The van der Waals surface area contributed by atoms with Gasteiger partial charge in [-0.2, -0.15) is 13.2 Å². The summed E-state index contributed by atoms with van der Waals surface area (Å²) in [6, 6.07) is 8.56. The van der Waals surface area contributed by atoms with Gasteiger partial charge in [-0.1, -0.05) is 18.2 Å². The summed E-state index contributed by atoms with van der Waals surface area (Å²) in [4.78, 5) is 14.8. The fourth-order valence-electron chi connectivity index (χ4n) is 5.27. The highest BCUT2D eigenvalue weighted by molar-refractivity contribution is 7.89. The van der Waals surface area contributed by atoms with E-state index in [-0.39, 0.29) is 34.4 Å². The summed E-state index contributed by atoms with van der Waals surface area (Å²) in [5, 5.41) is 7.93. The predicted molar refractivity (Wildman–Crippen MR) is 116 cm³/mol. The first-order valence-electron chi connectivity index (χ1n) is 10.8. The Morgan fingerprint density at radius 2 is 1.74 bits per heavy atom. The van der Waals surface area contributed by atoms with E-state index in [0.717, 1.165) is 6.07 Å². The van der Waals surface area contributed by atoms with Gasteiger partial charge in [-0.05, 0) is 61.4 Å². The Morgan fingerprint density at radius 1 is 1.06 bits per heavy atom. The second-order valence-electron chi connectivity index (χ2n) is 8.81. The molecule has 2 aromatic heterocycles. The molecule has 0 spiro atoms. The van der Waals surface area contributed by atoms with Gasteiger partial charge in [0.15, 0.2) is 5.65 Å². The third-order valence-electron chi connectivity index (χ3n) is 6.89. The van der Waals surface area contributed by atoms with E-state index >= 15 is 0 Å². The lowest BCUT2D eigenvalue weighted by Crippen LogP contribution is -2.31. The number of rotatable bonds is 4. The minimum atomic E-state index is -4.40. The SMILES string of the molecule is CNS(=O)(=O)c1ccc2nnc(C(=O)N3C[C@H]4CC(c5ccccc5C(F)(F)F)C[C@H]4C3)n2c1. The maximum Gasteiger partial charge on any atom is 0.416 e. The molecule has 1 aliphatic heterocycles. The molecule has 1 aromatic carbocycles. The molecule has 0 radical (unpaired) electrons. The summed E-state index contributed by atoms with van der Waals surface area (Å²) in [6.07, 6.45) is -1.95. The Labute approximate surface area is 193 Å². The topological polar surface area (TPSA) is 96.7 Å². The number of nitrogens with zero attached hydrogens (tertiary/aromatic N) is 4. The van der Waals surface area contributed by atoms with Gasteiger partial charge in [0.1, 0.15) is 0 Å². The van der Waals surface area contributed by atoms with E-state index in [1.165, 1.54) is 35.8 Å². The summed E-state index contributed by atoms with van der Waals surface area (Å²) in [5.74, 6) is -0.396. The number of hydrogen-bond donors (Lipinski definition) is 1. The maximum atomic E-state index is 13.5. The van der Waals surface area contributed by atoms with Crippen LogP contribution in [0.25, 0.3) is 5.65 Å². The fourth-order valence-corrected chi connectivity index (χ4v) is 5.99. The van der Waals surface area contributed by atoms with Crippen molar-refractivity contribution in [3.8, 4) is 0 Å². The average molecular weight is 494 g/mol. The van der Waals surface area contributed by atoms with Crippen molar-refractivity contribution in [2.75, 3.05) is 20.1 Å². The Balaban J connectivity index is 1.35. The Bertz CT molecular complexity index is 1360. The van der Waals surface area contributed by atoms with Crippen LogP contribution in [-0.2, 0) is 16.2 Å². The zero-order chi connectivity index (χ0) is 24.3. The van der Waals surface area contributed by atoms with Crippen LogP contribution in [0, 0.1) is 11.8 Å². The van der Waals surface area contributed by atoms with Gasteiger partial charge in [0, 0.05) is 19.3 Å². The lowest BCUT2D eigenvalue weighted by molar-refractivity contribution is -0.138. The maximum absolute atomic E-state index is 13.5. The Morgan fingerprint density at radius 3 is 2.38 bits per heavy atom. The molecule has 2 fully saturated rings. The number of halogens is 3. The van der Waals surface area contributed by atoms with Crippen LogP contribution in [0.15, 0.2) is 47.5 Å². The molecule has 3 heterocycles. The van der Waals surface area contributed by atoms with E-state index in [9.17, 15) is 26.4 Å². The molecule has 8 nitrogen and oxygen atoms in total. The summed E-state index contributed by atoms with van der Waals surface area (Å²) in [7, 11) is -2.43. The second-order valence-corrected chi connectivity index (χ2v) is 10.7. The molecule has 12 heteroatoms. The van der Waals surface area contributed by atoms with Gasteiger partial charge >= 0.3 is 6.18 Å². The third-order valence-corrected chi connectivity index (χ3v) is 8.29. The van der Waals surface area contributed by atoms with Gasteiger partial charge in [-0.3, -0.25) is 9.20 Å². The first kappa shape index (κ1) is 22.8. The molecule has 1 amide bonds. The molecule has 180 valence electrons. The zero-order valence-electron chi connectivity index (χ0n) is 18.2. The number of carbonyl (C=O) groups excluding carboxylic acids is 1. The molecule has 34 heavy (non-hydrogen) atoms. The molecular weight excluding hydrogens is 471 g/mol. The van der Waals surface area contributed by atoms with Crippen LogP contribution in [0.5, 0.6) is 0 Å². The van der Waals surface area contributed by atoms with Crippen molar-refractivity contribution < 1.29 is 26.4 Å². The number of carbonyl (C=O) groups is 1. The molecule has 1 saturated carbocycles. The van der Waals surface area contributed by atoms with Gasteiger partial charge in [-0.25, -0.2) is 13.1 Å². The van der Waals surface area contributed by atoms with Crippen LogP contribution in [-0.4, -0.2) is 54.0 Å². The smallest absolute Gasteiger partial charge is 0.335 e. The highest BCUT2D eigenvalue weighted by atomic mass is 32.2. The lowest BCUT2D eigenvalue weighted by Gasteiger charge is -2.21. The van der Waals surface area contributed by atoms with Crippen molar-refractivity contribution in [3.05, 3.63) is 59.5 Å². The van der Waals surface area contributed by atoms with E-state index in [0.29, 0.717) is 37.1 Å². The van der Waals surface area contributed by atoms with Gasteiger partial charge in [-0.15, -0.1) is 10.2 Å². The molecule has 1 saturated heterocycles. The number of sulfonamides is 1. The number of amides is 1. The Kier molecular flexibility index (Phi) is 5.40. The number of pyridine rings is 1. The zero-order valence-corrected chi connectivity index (χ0v) is 19.0. The quantitative estimate of drug-likeness (QED) is 0.603.